The molecule has 5 unspecified atom stereocenters. The lowest BCUT2D eigenvalue weighted by Crippen LogP contribution is -2.21. The van der Waals surface area contributed by atoms with Gasteiger partial charge in [-0.1, -0.05) is 36.4 Å². The molecule has 3 fully saturated rings. The van der Waals surface area contributed by atoms with Crippen molar-refractivity contribution in [2.45, 2.75) is 25.3 Å². The highest BCUT2D eigenvalue weighted by atomic mass is 14.9. The minimum absolute atomic E-state index is 0.563. The third-order valence-electron chi connectivity index (χ3n) is 6.62. The fourth-order valence-corrected chi connectivity index (χ4v) is 5.82. The van der Waals surface area contributed by atoms with E-state index in [2.05, 4.69) is 54.8 Å². The van der Waals surface area contributed by atoms with Crippen LogP contribution in [0.1, 0.15) is 30.9 Å². The molecule has 0 saturated heterocycles. The maximum Gasteiger partial charge on any atom is 0.0352 e. The van der Waals surface area contributed by atoms with Gasteiger partial charge in [-0.2, -0.15) is 0 Å². The molecule has 3 saturated carbocycles. The molecule has 1 heteroatoms. The molecule has 0 heterocycles. The third kappa shape index (κ3) is 1.67. The van der Waals surface area contributed by atoms with E-state index < -0.39 is 0 Å². The summed E-state index contributed by atoms with van der Waals surface area (Å²) in [5.41, 5.74) is 1.50. The molecule has 5 atom stereocenters. The lowest BCUT2D eigenvalue weighted by molar-refractivity contribution is 0.386. The van der Waals surface area contributed by atoms with Gasteiger partial charge in [0.05, 0.1) is 0 Å². The molecular formula is C20H23N. The second kappa shape index (κ2) is 4.33. The van der Waals surface area contributed by atoms with E-state index >= 15 is 0 Å². The van der Waals surface area contributed by atoms with Crippen LogP contribution in [0.3, 0.4) is 0 Å². The molecule has 1 N–H and O–H groups in total. The summed E-state index contributed by atoms with van der Waals surface area (Å²) in [7, 11) is 2.15. The van der Waals surface area contributed by atoms with Gasteiger partial charge in [-0.05, 0) is 78.3 Å². The van der Waals surface area contributed by atoms with E-state index in [4.69, 9.17) is 0 Å². The van der Waals surface area contributed by atoms with E-state index in [0.717, 1.165) is 29.6 Å². The second-order valence-electron chi connectivity index (χ2n) is 7.44. The molecule has 0 aliphatic heterocycles. The number of fused-ring (bicyclic) bond motifs is 6. The van der Waals surface area contributed by atoms with Crippen LogP contribution in [-0.4, -0.2) is 7.05 Å². The summed E-state index contributed by atoms with van der Waals surface area (Å²) in [5, 5.41) is 6.38. The van der Waals surface area contributed by atoms with Gasteiger partial charge in [0.25, 0.3) is 0 Å². The molecule has 2 aromatic rings. The molecule has 3 aliphatic carbocycles. The zero-order valence-electron chi connectivity index (χ0n) is 12.6. The van der Waals surface area contributed by atoms with E-state index in [9.17, 15) is 0 Å². The summed E-state index contributed by atoms with van der Waals surface area (Å²) in [6.45, 7) is 0. The Kier molecular flexibility index (Phi) is 2.52. The number of hydrogen-bond donors (Lipinski definition) is 1. The Morgan fingerprint density at radius 3 is 2.38 bits per heavy atom. The Morgan fingerprint density at radius 2 is 1.67 bits per heavy atom. The van der Waals surface area contributed by atoms with Gasteiger partial charge in [0.1, 0.15) is 0 Å². The zero-order valence-corrected chi connectivity index (χ0v) is 12.6. The first-order valence-corrected chi connectivity index (χ1v) is 8.53. The average Bonchev–Trinajstić information content (AvgIpc) is 2.94. The molecule has 21 heavy (non-hydrogen) atoms. The van der Waals surface area contributed by atoms with Crippen molar-refractivity contribution in [3.63, 3.8) is 0 Å². The van der Waals surface area contributed by atoms with Crippen molar-refractivity contribution in [3.8, 4) is 0 Å². The maximum absolute atomic E-state index is 3.64. The van der Waals surface area contributed by atoms with Crippen LogP contribution < -0.4 is 5.32 Å². The van der Waals surface area contributed by atoms with E-state index in [1.807, 2.05) is 0 Å². The van der Waals surface area contributed by atoms with Crippen molar-refractivity contribution in [3.05, 3.63) is 48.0 Å². The van der Waals surface area contributed by atoms with Crippen molar-refractivity contribution >= 4 is 10.8 Å². The van der Waals surface area contributed by atoms with Crippen molar-refractivity contribution in [2.24, 2.45) is 29.6 Å². The molecule has 0 aromatic heterocycles. The molecule has 108 valence electrons. The summed E-state index contributed by atoms with van der Waals surface area (Å²) in [6, 6.07) is 16.3. The van der Waals surface area contributed by atoms with Crippen LogP contribution in [0.4, 0.5) is 0 Å². The summed E-state index contributed by atoms with van der Waals surface area (Å²) < 4.78 is 0. The molecule has 3 aliphatic rings. The lowest BCUT2D eigenvalue weighted by Gasteiger charge is -2.21. The Balaban J connectivity index is 1.49. The van der Waals surface area contributed by atoms with Crippen LogP contribution in [0, 0.1) is 29.6 Å². The Bertz CT molecular complexity index is 675. The van der Waals surface area contributed by atoms with E-state index in [1.54, 1.807) is 6.42 Å². The molecule has 1 nitrogen and oxygen atoms in total. The lowest BCUT2D eigenvalue weighted by atomic mass is 9.92. The Morgan fingerprint density at radius 1 is 0.952 bits per heavy atom. The highest BCUT2D eigenvalue weighted by Gasteiger charge is 2.66. The SMILES string of the molecule is CNC(c1ccc2ccccc2c1)C1C2C3CCC(C3)C21. The smallest absolute Gasteiger partial charge is 0.0352 e. The predicted molar refractivity (Wildman–Crippen MR) is 87.0 cm³/mol. The van der Waals surface area contributed by atoms with Gasteiger partial charge in [0.2, 0.25) is 0 Å². The summed E-state index contributed by atoms with van der Waals surface area (Å²) >= 11 is 0. The van der Waals surface area contributed by atoms with Crippen molar-refractivity contribution in [1.29, 1.82) is 0 Å². The minimum atomic E-state index is 0.563. The van der Waals surface area contributed by atoms with Gasteiger partial charge in [-0.15, -0.1) is 0 Å². The summed E-state index contributed by atoms with van der Waals surface area (Å²) in [5.74, 6) is 5.09. The van der Waals surface area contributed by atoms with Crippen LogP contribution in [0.2, 0.25) is 0 Å². The van der Waals surface area contributed by atoms with Crippen LogP contribution in [0.15, 0.2) is 42.5 Å². The Hall–Kier alpha value is -1.34. The first-order chi connectivity index (χ1) is 10.4. The van der Waals surface area contributed by atoms with Crippen LogP contribution in [-0.2, 0) is 0 Å². The van der Waals surface area contributed by atoms with E-state index in [-0.39, 0.29) is 0 Å². The number of hydrogen-bond acceptors (Lipinski definition) is 1. The summed E-state index contributed by atoms with van der Waals surface area (Å²) in [4.78, 5) is 0. The summed E-state index contributed by atoms with van der Waals surface area (Å²) in [6.07, 6.45) is 4.56. The predicted octanol–water partition coefficient (Wildman–Crippen LogP) is 4.39. The molecule has 2 bridgehead atoms. The molecule has 0 amide bonds. The topological polar surface area (TPSA) is 12.0 Å². The van der Waals surface area contributed by atoms with Crippen LogP contribution >= 0.6 is 0 Å². The van der Waals surface area contributed by atoms with Crippen molar-refractivity contribution < 1.29 is 0 Å². The monoisotopic (exact) mass is 277 g/mol. The third-order valence-corrected chi connectivity index (χ3v) is 6.62. The molecule has 2 aromatic carbocycles. The molecule has 0 spiro atoms. The molecular weight excluding hydrogens is 254 g/mol. The van der Waals surface area contributed by atoms with Crippen molar-refractivity contribution in [1.82, 2.24) is 5.32 Å². The number of nitrogens with one attached hydrogen (secondary N) is 1. The molecule has 5 rings (SSSR count). The number of benzene rings is 2. The maximum atomic E-state index is 3.64. The largest absolute Gasteiger partial charge is 0.313 e. The van der Waals surface area contributed by atoms with E-state index in [0.29, 0.717) is 6.04 Å². The van der Waals surface area contributed by atoms with Crippen molar-refractivity contribution in [2.75, 3.05) is 7.05 Å². The first-order valence-electron chi connectivity index (χ1n) is 8.53. The first kappa shape index (κ1) is 12.2. The van der Waals surface area contributed by atoms with Gasteiger partial charge < -0.3 is 5.32 Å². The van der Waals surface area contributed by atoms with Gasteiger partial charge in [-0.25, -0.2) is 0 Å². The van der Waals surface area contributed by atoms with Crippen LogP contribution in [0.5, 0.6) is 0 Å². The fourth-order valence-electron chi connectivity index (χ4n) is 5.82. The number of rotatable bonds is 3. The highest BCUT2D eigenvalue weighted by Crippen LogP contribution is 2.72. The quantitative estimate of drug-likeness (QED) is 0.877. The standard InChI is InChI=1S/C20H23N/c1-21-20(19-17-14-7-8-15(11-14)18(17)19)16-9-6-12-4-2-3-5-13(12)10-16/h2-6,9-10,14-15,17-21H,7-8,11H2,1H3. The van der Waals surface area contributed by atoms with E-state index in [1.165, 1.54) is 29.2 Å². The van der Waals surface area contributed by atoms with Gasteiger partial charge in [0.15, 0.2) is 0 Å². The normalized spacial score (nSPS) is 37.7. The molecule has 0 radical (unpaired) electrons. The van der Waals surface area contributed by atoms with Gasteiger partial charge in [0, 0.05) is 6.04 Å². The zero-order chi connectivity index (χ0) is 14.0. The minimum Gasteiger partial charge on any atom is -0.313 e. The van der Waals surface area contributed by atoms with Gasteiger partial charge >= 0.3 is 0 Å². The van der Waals surface area contributed by atoms with Gasteiger partial charge in [-0.3, -0.25) is 0 Å². The second-order valence-corrected chi connectivity index (χ2v) is 7.44. The van der Waals surface area contributed by atoms with Crippen LogP contribution in [0.25, 0.3) is 10.8 Å². The highest BCUT2D eigenvalue weighted by molar-refractivity contribution is 5.83. The Labute approximate surface area is 126 Å². The average molecular weight is 277 g/mol. The fraction of sp³-hybridized carbons (Fsp3) is 0.500.